The summed E-state index contributed by atoms with van der Waals surface area (Å²) in [6, 6.07) is 0.192. The van der Waals surface area contributed by atoms with Crippen molar-refractivity contribution in [2.24, 2.45) is 10.9 Å². The first-order valence-corrected chi connectivity index (χ1v) is 4.73. The van der Waals surface area contributed by atoms with Gasteiger partial charge in [-0.15, -0.1) is 6.58 Å². The van der Waals surface area contributed by atoms with Crippen molar-refractivity contribution in [3.8, 4) is 0 Å². The molecule has 0 heterocycles. The van der Waals surface area contributed by atoms with Crippen LogP contribution in [-0.4, -0.2) is 12.8 Å². The lowest BCUT2D eigenvalue weighted by Gasteiger charge is -2.17. The van der Waals surface area contributed by atoms with Gasteiger partial charge >= 0.3 is 0 Å². The normalized spacial score (nSPS) is 25.3. The maximum Gasteiger partial charge on any atom is 0.0775 e. The fourth-order valence-corrected chi connectivity index (χ4v) is 1.21. The fraction of sp³-hybridized carbons (Fsp3) is 0.417. The summed E-state index contributed by atoms with van der Waals surface area (Å²) >= 11 is 0. The van der Waals surface area contributed by atoms with E-state index in [0.29, 0.717) is 5.92 Å². The second kappa shape index (κ2) is 6.41. The Balaban J connectivity index is 0.000000671. The molecule has 0 saturated carbocycles. The molecule has 0 saturated heterocycles. The molecule has 1 aliphatic rings. The zero-order chi connectivity index (χ0) is 10.3. The monoisotopic (exact) mass is 177 g/mol. The molecule has 0 N–H and O–H groups in total. The Morgan fingerprint density at radius 3 is 2.54 bits per heavy atom. The predicted octanol–water partition coefficient (Wildman–Crippen LogP) is 3.40. The smallest absolute Gasteiger partial charge is 0.0775 e. The first kappa shape index (κ1) is 11.9. The van der Waals surface area contributed by atoms with Crippen LogP contribution in [0.3, 0.4) is 0 Å². The van der Waals surface area contributed by atoms with Crippen molar-refractivity contribution in [1.29, 1.82) is 0 Å². The molecule has 1 rings (SSSR count). The molecule has 1 aliphatic carbocycles. The van der Waals surface area contributed by atoms with Crippen LogP contribution < -0.4 is 0 Å². The van der Waals surface area contributed by atoms with E-state index in [4.69, 9.17) is 0 Å². The van der Waals surface area contributed by atoms with Gasteiger partial charge in [0.1, 0.15) is 0 Å². The van der Waals surface area contributed by atoms with Gasteiger partial charge in [0, 0.05) is 5.92 Å². The highest BCUT2D eigenvalue weighted by Crippen LogP contribution is 2.19. The Labute approximate surface area is 81.6 Å². The van der Waals surface area contributed by atoms with E-state index in [1.54, 1.807) is 0 Å². The predicted molar refractivity (Wildman–Crippen MR) is 61.3 cm³/mol. The molecule has 1 nitrogen and oxygen atoms in total. The van der Waals surface area contributed by atoms with Crippen LogP contribution in [0.25, 0.3) is 0 Å². The molecule has 72 valence electrons. The molecule has 1 heteroatoms. The molecule has 0 amide bonds. The second-order valence-electron chi connectivity index (χ2n) is 2.76. The number of hydrogen-bond acceptors (Lipinski definition) is 1. The van der Waals surface area contributed by atoms with E-state index in [2.05, 4.69) is 43.4 Å². The number of aliphatic imine (C=N–C) groups is 1. The highest BCUT2D eigenvalue weighted by molar-refractivity contribution is 5.33. The maximum atomic E-state index is 4.00. The van der Waals surface area contributed by atoms with Crippen molar-refractivity contribution < 1.29 is 0 Å². The van der Waals surface area contributed by atoms with Crippen molar-refractivity contribution in [2.45, 2.75) is 26.8 Å². The molecule has 0 bridgehead atoms. The summed E-state index contributed by atoms with van der Waals surface area (Å²) in [5.74, 6) is 0.330. The lowest BCUT2D eigenvalue weighted by atomic mass is 9.93. The Bertz CT molecular complexity index is 223. The van der Waals surface area contributed by atoms with E-state index in [9.17, 15) is 0 Å². The van der Waals surface area contributed by atoms with Crippen LogP contribution >= 0.6 is 0 Å². The Hall–Kier alpha value is -1.11. The lowest BCUT2D eigenvalue weighted by Crippen LogP contribution is -2.14. The lowest BCUT2D eigenvalue weighted by molar-refractivity contribution is 0.687. The molecule has 0 radical (unpaired) electrons. The van der Waals surface area contributed by atoms with E-state index in [1.807, 2.05) is 19.9 Å². The van der Waals surface area contributed by atoms with Gasteiger partial charge < -0.3 is 0 Å². The summed E-state index contributed by atoms with van der Waals surface area (Å²) in [4.78, 5) is 4.00. The zero-order valence-electron chi connectivity index (χ0n) is 8.83. The first-order chi connectivity index (χ1) is 6.27. The molecule has 13 heavy (non-hydrogen) atoms. The number of allylic oxidation sites excluding steroid dienone is 2. The SMILES string of the molecule is C=CC1C=CC(C)=CC1N=C.CC. The van der Waals surface area contributed by atoms with Crippen LogP contribution in [0, 0.1) is 5.92 Å². The highest BCUT2D eigenvalue weighted by Gasteiger charge is 2.14. The van der Waals surface area contributed by atoms with Gasteiger partial charge in [0.05, 0.1) is 6.04 Å². The van der Waals surface area contributed by atoms with Gasteiger partial charge in [-0.3, -0.25) is 4.99 Å². The Morgan fingerprint density at radius 1 is 1.46 bits per heavy atom. The largest absolute Gasteiger partial charge is 0.293 e. The molecule has 0 fully saturated rings. The average molecular weight is 177 g/mol. The van der Waals surface area contributed by atoms with Crippen LogP contribution in [0.5, 0.6) is 0 Å². The van der Waals surface area contributed by atoms with Gasteiger partial charge in [0.25, 0.3) is 0 Å². The topological polar surface area (TPSA) is 12.4 Å². The van der Waals surface area contributed by atoms with Gasteiger partial charge in [0.2, 0.25) is 0 Å². The van der Waals surface area contributed by atoms with Gasteiger partial charge in [-0.05, 0) is 13.6 Å². The second-order valence-corrected chi connectivity index (χ2v) is 2.76. The van der Waals surface area contributed by atoms with Crippen LogP contribution in [0.2, 0.25) is 0 Å². The Kier molecular flexibility index (Phi) is 5.86. The van der Waals surface area contributed by atoms with Gasteiger partial charge in [-0.25, -0.2) is 0 Å². The molecule has 0 spiro atoms. The highest BCUT2D eigenvalue weighted by atomic mass is 14.7. The quantitative estimate of drug-likeness (QED) is 0.453. The molecule has 0 aromatic rings. The van der Waals surface area contributed by atoms with Crippen LogP contribution in [0.1, 0.15) is 20.8 Å². The Morgan fingerprint density at radius 2 is 2.08 bits per heavy atom. The number of rotatable bonds is 2. The minimum atomic E-state index is 0.192. The van der Waals surface area contributed by atoms with E-state index >= 15 is 0 Å². The van der Waals surface area contributed by atoms with Crippen LogP contribution in [0.4, 0.5) is 0 Å². The standard InChI is InChI=1S/C10H13N.C2H6/c1-4-9-6-5-8(2)7-10(9)11-3;1-2/h4-7,9-10H,1,3H2,2H3;1-2H3. The van der Waals surface area contributed by atoms with Crippen molar-refractivity contribution in [2.75, 3.05) is 0 Å². The van der Waals surface area contributed by atoms with Gasteiger partial charge in [-0.2, -0.15) is 0 Å². The van der Waals surface area contributed by atoms with Crippen LogP contribution in [-0.2, 0) is 0 Å². The summed E-state index contributed by atoms with van der Waals surface area (Å²) in [7, 11) is 0. The van der Waals surface area contributed by atoms with Crippen molar-refractivity contribution in [3.05, 3.63) is 36.5 Å². The zero-order valence-corrected chi connectivity index (χ0v) is 8.83. The van der Waals surface area contributed by atoms with Crippen molar-refractivity contribution in [1.82, 2.24) is 0 Å². The third kappa shape index (κ3) is 3.41. The minimum absolute atomic E-state index is 0.192. The van der Waals surface area contributed by atoms with Gasteiger partial charge in [0.15, 0.2) is 0 Å². The van der Waals surface area contributed by atoms with E-state index in [1.165, 1.54) is 5.57 Å². The first-order valence-electron chi connectivity index (χ1n) is 4.73. The minimum Gasteiger partial charge on any atom is -0.293 e. The molecule has 2 unspecified atom stereocenters. The summed E-state index contributed by atoms with van der Waals surface area (Å²) in [6.45, 7) is 13.3. The average Bonchev–Trinajstić information content (AvgIpc) is 2.20. The molecule has 0 aromatic heterocycles. The van der Waals surface area contributed by atoms with E-state index in [-0.39, 0.29) is 6.04 Å². The molecule has 2 atom stereocenters. The third-order valence-corrected chi connectivity index (χ3v) is 1.89. The maximum absolute atomic E-state index is 4.00. The fourth-order valence-electron chi connectivity index (χ4n) is 1.21. The molecular formula is C12H19N. The van der Waals surface area contributed by atoms with E-state index in [0.717, 1.165) is 0 Å². The third-order valence-electron chi connectivity index (χ3n) is 1.89. The van der Waals surface area contributed by atoms with E-state index < -0.39 is 0 Å². The van der Waals surface area contributed by atoms with Crippen molar-refractivity contribution in [3.63, 3.8) is 0 Å². The molecule has 0 aliphatic heterocycles. The molecular weight excluding hydrogens is 158 g/mol. The number of nitrogens with zero attached hydrogens (tertiary/aromatic N) is 1. The number of hydrogen-bond donors (Lipinski definition) is 0. The molecule has 0 aromatic carbocycles. The summed E-state index contributed by atoms with van der Waals surface area (Å²) in [6.07, 6.45) is 8.22. The summed E-state index contributed by atoms with van der Waals surface area (Å²) in [5.41, 5.74) is 1.25. The summed E-state index contributed by atoms with van der Waals surface area (Å²) < 4.78 is 0. The van der Waals surface area contributed by atoms with Crippen LogP contribution in [0.15, 0.2) is 41.4 Å². The summed E-state index contributed by atoms with van der Waals surface area (Å²) in [5, 5.41) is 0. The van der Waals surface area contributed by atoms with Crippen molar-refractivity contribution >= 4 is 6.72 Å². The van der Waals surface area contributed by atoms with Gasteiger partial charge in [-0.1, -0.05) is 43.7 Å².